The first-order chi connectivity index (χ1) is 12.0. The zero-order valence-electron chi connectivity index (χ0n) is 13.6. The molecule has 0 aliphatic heterocycles. The summed E-state index contributed by atoms with van der Waals surface area (Å²) in [5, 5.41) is 0. The lowest BCUT2D eigenvalue weighted by Gasteiger charge is -2.08. The monoisotopic (exact) mass is 330 g/mol. The van der Waals surface area contributed by atoms with Crippen molar-refractivity contribution < 1.29 is 0 Å². The van der Waals surface area contributed by atoms with Gasteiger partial charge in [-0.25, -0.2) is 15.0 Å². The van der Waals surface area contributed by atoms with Gasteiger partial charge in [0, 0.05) is 11.3 Å². The Morgan fingerprint density at radius 2 is 1.64 bits per heavy atom. The second kappa shape index (κ2) is 6.84. The number of hydrogen-bond acceptors (Lipinski definition) is 5. The Labute approximate surface area is 145 Å². The SMILES string of the molecule is C=C(N=C(N)c1nc(-c2ccccc2)cnc1N)c1ccc(N)cc1. The van der Waals surface area contributed by atoms with Gasteiger partial charge in [-0.3, -0.25) is 0 Å². The van der Waals surface area contributed by atoms with Crippen LogP contribution < -0.4 is 17.2 Å². The summed E-state index contributed by atoms with van der Waals surface area (Å²) in [5.41, 5.74) is 21.6. The second-order valence-electron chi connectivity index (χ2n) is 5.42. The fraction of sp³-hybridized carbons (Fsp3) is 0. The van der Waals surface area contributed by atoms with Gasteiger partial charge in [0.05, 0.1) is 17.6 Å². The largest absolute Gasteiger partial charge is 0.399 e. The third-order valence-corrected chi connectivity index (χ3v) is 3.61. The predicted molar refractivity (Wildman–Crippen MR) is 102 cm³/mol. The van der Waals surface area contributed by atoms with E-state index in [9.17, 15) is 0 Å². The van der Waals surface area contributed by atoms with E-state index in [4.69, 9.17) is 17.2 Å². The molecule has 0 unspecified atom stereocenters. The van der Waals surface area contributed by atoms with E-state index in [1.807, 2.05) is 42.5 Å². The van der Waals surface area contributed by atoms with Crippen molar-refractivity contribution in [2.45, 2.75) is 0 Å². The Kier molecular flexibility index (Phi) is 4.43. The molecule has 0 aliphatic rings. The van der Waals surface area contributed by atoms with Gasteiger partial charge in [0.2, 0.25) is 0 Å². The quantitative estimate of drug-likeness (QED) is 0.386. The van der Waals surface area contributed by atoms with Crippen molar-refractivity contribution in [2.24, 2.45) is 10.7 Å². The number of aliphatic imine (C=N–C) groups is 1. The number of rotatable bonds is 4. The Morgan fingerprint density at radius 3 is 2.32 bits per heavy atom. The topological polar surface area (TPSA) is 116 Å². The standard InChI is InChI=1S/C19H18N6/c1-12(13-7-9-15(20)10-8-13)24-19(22)17-18(21)23-11-16(25-17)14-5-3-2-4-6-14/h2-11H,1,20H2,(H2,21,23)(H2,22,24). The number of amidine groups is 1. The summed E-state index contributed by atoms with van der Waals surface area (Å²) < 4.78 is 0. The Hall–Kier alpha value is -3.67. The first-order valence-corrected chi connectivity index (χ1v) is 7.62. The second-order valence-corrected chi connectivity index (χ2v) is 5.42. The Bertz CT molecular complexity index is 930. The number of aromatic nitrogens is 2. The van der Waals surface area contributed by atoms with Gasteiger partial charge >= 0.3 is 0 Å². The van der Waals surface area contributed by atoms with Gasteiger partial charge in [-0.05, 0) is 17.7 Å². The lowest BCUT2D eigenvalue weighted by Crippen LogP contribution is -2.18. The highest BCUT2D eigenvalue weighted by atomic mass is 15.0. The number of nitrogens with two attached hydrogens (primary N) is 3. The molecular weight excluding hydrogens is 312 g/mol. The zero-order chi connectivity index (χ0) is 17.8. The van der Waals surface area contributed by atoms with Crippen LogP contribution in [0.5, 0.6) is 0 Å². The van der Waals surface area contributed by atoms with Crippen LogP contribution >= 0.6 is 0 Å². The molecule has 3 rings (SSSR count). The molecule has 3 aromatic rings. The molecule has 124 valence electrons. The summed E-state index contributed by atoms with van der Waals surface area (Å²) in [4.78, 5) is 13.0. The zero-order valence-corrected chi connectivity index (χ0v) is 13.6. The van der Waals surface area contributed by atoms with Gasteiger partial charge in [-0.2, -0.15) is 0 Å². The lowest BCUT2D eigenvalue weighted by molar-refractivity contribution is 1.18. The van der Waals surface area contributed by atoms with E-state index in [2.05, 4.69) is 21.5 Å². The lowest BCUT2D eigenvalue weighted by atomic mass is 10.1. The molecule has 0 radical (unpaired) electrons. The van der Waals surface area contributed by atoms with Crippen molar-refractivity contribution in [3.05, 3.63) is 78.6 Å². The van der Waals surface area contributed by atoms with E-state index in [0.717, 1.165) is 11.1 Å². The molecule has 1 heterocycles. The molecule has 6 heteroatoms. The Balaban J connectivity index is 1.94. The Morgan fingerprint density at radius 1 is 0.960 bits per heavy atom. The van der Waals surface area contributed by atoms with Crippen LogP contribution in [0.4, 0.5) is 11.5 Å². The van der Waals surface area contributed by atoms with E-state index in [1.165, 1.54) is 0 Å². The molecule has 0 atom stereocenters. The van der Waals surface area contributed by atoms with Gasteiger partial charge in [-0.15, -0.1) is 0 Å². The van der Waals surface area contributed by atoms with Crippen molar-refractivity contribution in [3.8, 4) is 11.3 Å². The number of benzene rings is 2. The average molecular weight is 330 g/mol. The van der Waals surface area contributed by atoms with E-state index < -0.39 is 0 Å². The molecule has 0 saturated carbocycles. The van der Waals surface area contributed by atoms with E-state index >= 15 is 0 Å². The number of nitrogens with zero attached hydrogens (tertiary/aromatic N) is 3. The van der Waals surface area contributed by atoms with Gasteiger partial charge in [0.25, 0.3) is 0 Å². The predicted octanol–water partition coefficient (Wildman–Crippen LogP) is 2.68. The molecule has 0 saturated heterocycles. The highest BCUT2D eigenvalue weighted by Gasteiger charge is 2.11. The summed E-state index contributed by atoms with van der Waals surface area (Å²) in [7, 11) is 0. The number of anilines is 2. The van der Waals surface area contributed by atoms with Crippen LogP contribution in [0.1, 0.15) is 11.3 Å². The molecule has 0 amide bonds. The van der Waals surface area contributed by atoms with Crippen molar-refractivity contribution in [3.63, 3.8) is 0 Å². The third-order valence-electron chi connectivity index (χ3n) is 3.61. The molecule has 0 fully saturated rings. The van der Waals surface area contributed by atoms with Crippen LogP contribution in [0.15, 0.2) is 72.4 Å². The maximum Gasteiger partial charge on any atom is 0.153 e. The van der Waals surface area contributed by atoms with E-state index in [-0.39, 0.29) is 11.7 Å². The minimum atomic E-state index is 0.157. The molecule has 2 aromatic carbocycles. The minimum absolute atomic E-state index is 0.157. The van der Waals surface area contributed by atoms with Gasteiger partial charge in [-0.1, -0.05) is 49.0 Å². The van der Waals surface area contributed by atoms with Crippen LogP contribution in [-0.4, -0.2) is 15.8 Å². The van der Waals surface area contributed by atoms with E-state index in [0.29, 0.717) is 22.8 Å². The van der Waals surface area contributed by atoms with E-state index in [1.54, 1.807) is 18.3 Å². The maximum absolute atomic E-state index is 6.09. The molecule has 0 aliphatic carbocycles. The summed E-state index contributed by atoms with van der Waals surface area (Å²) in [6, 6.07) is 16.8. The molecule has 0 spiro atoms. The fourth-order valence-corrected chi connectivity index (χ4v) is 2.27. The first kappa shape index (κ1) is 16.2. The summed E-state index contributed by atoms with van der Waals surface area (Å²) in [6.07, 6.45) is 1.61. The average Bonchev–Trinajstić information content (AvgIpc) is 2.63. The fourth-order valence-electron chi connectivity index (χ4n) is 2.27. The minimum Gasteiger partial charge on any atom is -0.399 e. The van der Waals surface area contributed by atoms with Crippen molar-refractivity contribution >= 4 is 23.0 Å². The normalized spacial score (nSPS) is 11.3. The molecule has 25 heavy (non-hydrogen) atoms. The summed E-state index contributed by atoms with van der Waals surface area (Å²) in [6.45, 7) is 3.93. The third kappa shape index (κ3) is 3.64. The van der Waals surface area contributed by atoms with Gasteiger partial charge < -0.3 is 17.2 Å². The summed E-state index contributed by atoms with van der Waals surface area (Å²) in [5.74, 6) is 0.371. The van der Waals surface area contributed by atoms with Gasteiger partial charge in [0.1, 0.15) is 5.69 Å². The van der Waals surface area contributed by atoms with Crippen molar-refractivity contribution in [2.75, 3.05) is 11.5 Å². The van der Waals surface area contributed by atoms with Crippen LogP contribution in [0.3, 0.4) is 0 Å². The van der Waals surface area contributed by atoms with Crippen LogP contribution in [0.2, 0.25) is 0 Å². The summed E-state index contributed by atoms with van der Waals surface area (Å²) >= 11 is 0. The van der Waals surface area contributed by atoms with Crippen LogP contribution in [0, 0.1) is 0 Å². The molecular formula is C19H18N6. The van der Waals surface area contributed by atoms with Crippen LogP contribution in [-0.2, 0) is 0 Å². The number of nitrogen functional groups attached to an aromatic ring is 2. The van der Waals surface area contributed by atoms with Gasteiger partial charge in [0.15, 0.2) is 11.7 Å². The first-order valence-electron chi connectivity index (χ1n) is 7.62. The smallest absolute Gasteiger partial charge is 0.153 e. The highest BCUT2D eigenvalue weighted by molar-refractivity contribution is 6.02. The number of hydrogen-bond donors (Lipinski definition) is 3. The van der Waals surface area contributed by atoms with Crippen LogP contribution in [0.25, 0.3) is 17.0 Å². The molecule has 0 bridgehead atoms. The molecule has 6 N–H and O–H groups in total. The van der Waals surface area contributed by atoms with Crippen molar-refractivity contribution in [1.82, 2.24) is 9.97 Å². The highest BCUT2D eigenvalue weighted by Crippen LogP contribution is 2.20. The molecule has 6 nitrogen and oxygen atoms in total. The van der Waals surface area contributed by atoms with Crippen molar-refractivity contribution in [1.29, 1.82) is 0 Å². The molecule has 1 aromatic heterocycles. The maximum atomic E-state index is 6.09.